The van der Waals surface area contributed by atoms with Crippen molar-refractivity contribution in [3.8, 4) is 0 Å². The highest BCUT2D eigenvalue weighted by Gasteiger charge is 2.04. The summed E-state index contributed by atoms with van der Waals surface area (Å²) in [7, 11) is 0. The molecule has 0 radical (unpaired) electrons. The number of nitrogens with zero attached hydrogens (tertiary/aromatic N) is 2. The molecule has 0 saturated carbocycles. The number of fused-ring (bicyclic) bond motifs is 2. The van der Waals surface area contributed by atoms with Crippen LogP contribution in [0.4, 0.5) is 0 Å². The SMILES string of the molecule is Cc1cc(Cc2ccc3cccnc3c2)cc2cccnc12. The van der Waals surface area contributed by atoms with Gasteiger partial charge in [-0.15, -0.1) is 0 Å². The van der Waals surface area contributed by atoms with Gasteiger partial charge in [0.2, 0.25) is 0 Å². The predicted octanol–water partition coefficient (Wildman–Crippen LogP) is 4.68. The summed E-state index contributed by atoms with van der Waals surface area (Å²) < 4.78 is 0. The minimum atomic E-state index is 0.915. The Labute approximate surface area is 129 Å². The zero-order valence-electron chi connectivity index (χ0n) is 12.5. The van der Waals surface area contributed by atoms with Gasteiger partial charge in [0.25, 0.3) is 0 Å². The van der Waals surface area contributed by atoms with Crippen LogP contribution in [0.3, 0.4) is 0 Å². The van der Waals surface area contributed by atoms with E-state index < -0.39 is 0 Å². The van der Waals surface area contributed by atoms with Gasteiger partial charge in [-0.1, -0.05) is 30.3 Å². The summed E-state index contributed by atoms with van der Waals surface area (Å²) in [5.74, 6) is 0. The first-order valence-corrected chi connectivity index (χ1v) is 7.47. The van der Waals surface area contributed by atoms with Crippen molar-refractivity contribution in [1.29, 1.82) is 0 Å². The number of aromatic nitrogens is 2. The highest BCUT2D eigenvalue weighted by Crippen LogP contribution is 2.21. The van der Waals surface area contributed by atoms with Gasteiger partial charge in [-0.05, 0) is 54.3 Å². The van der Waals surface area contributed by atoms with E-state index >= 15 is 0 Å². The van der Waals surface area contributed by atoms with E-state index in [9.17, 15) is 0 Å². The highest BCUT2D eigenvalue weighted by atomic mass is 14.6. The molecule has 4 aromatic rings. The number of benzene rings is 2. The second kappa shape index (κ2) is 5.23. The van der Waals surface area contributed by atoms with Crippen molar-refractivity contribution in [2.45, 2.75) is 13.3 Å². The molecule has 0 atom stereocenters. The van der Waals surface area contributed by atoms with Crippen LogP contribution >= 0.6 is 0 Å². The van der Waals surface area contributed by atoms with Crippen molar-refractivity contribution in [3.05, 3.63) is 83.7 Å². The molecule has 0 saturated heterocycles. The fourth-order valence-corrected chi connectivity index (χ4v) is 3.01. The fourth-order valence-electron chi connectivity index (χ4n) is 3.01. The lowest BCUT2D eigenvalue weighted by atomic mass is 9.99. The van der Waals surface area contributed by atoms with Gasteiger partial charge in [-0.2, -0.15) is 0 Å². The Morgan fingerprint density at radius 2 is 1.59 bits per heavy atom. The van der Waals surface area contributed by atoms with Crippen LogP contribution in [0, 0.1) is 6.92 Å². The van der Waals surface area contributed by atoms with Gasteiger partial charge in [0, 0.05) is 23.2 Å². The molecule has 0 bridgehead atoms. The first kappa shape index (κ1) is 13.0. The molecule has 0 aliphatic rings. The van der Waals surface area contributed by atoms with E-state index in [-0.39, 0.29) is 0 Å². The van der Waals surface area contributed by atoms with Crippen LogP contribution in [-0.4, -0.2) is 9.97 Å². The maximum Gasteiger partial charge on any atom is 0.0731 e. The second-order valence-electron chi connectivity index (χ2n) is 5.70. The third-order valence-corrected chi connectivity index (χ3v) is 4.03. The van der Waals surface area contributed by atoms with Crippen LogP contribution in [0.15, 0.2) is 67.0 Å². The summed E-state index contributed by atoms with van der Waals surface area (Å²) in [5.41, 5.74) is 5.97. The maximum absolute atomic E-state index is 4.46. The molecule has 4 rings (SSSR count). The molecule has 0 fully saturated rings. The Bertz CT molecular complexity index is 973. The van der Waals surface area contributed by atoms with Crippen molar-refractivity contribution < 1.29 is 0 Å². The fraction of sp³-hybridized carbons (Fsp3) is 0.100. The number of pyridine rings is 2. The van der Waals surface area contributed by atoms with Crippen molar-refractivity contribution in [3.63, 3.8) is 0 Å². The van der Waals surface area contributed by atoms with Crippen LogP contribution in [0.1, 0.15) is 16.7 Å². The lowest BCUT2D eigenvalue weighted by Gasteiger charge is -2.07. The summed E-state index contributed by atoms with van der Waals surface area (Å²) in [5, 5.41) is 2.39. The summed E-state index contributed by atoms with van der Waals surface area (Å²) in [6.07, 6.45) is 4.61. The number of hydrogen-bond acceptors (Lipinski definition) is 2. The first-order valence-electron chi connectivity index (χ1n) is 7.47. The van der Waals surface area contributed by atoms with Crippen molar-refractivity contribution in [2.24, 2.45) is 0 Å². The second-order valence-corrected chi connectivity index (χ2v) is 5.70. The molecule has 106 valence electrons. The molecule has 2 aromatic carbocycles. The van der Waals surface area contributed by atoms with E-state index in [1.165, 1.54) is 27.5 Å². The molecule has 2 nitrogen and oxygen atoms in total. The molecule has 2 heteroatoms. The Morgan fingerprint density at radius 1 is 0.773 bits per heavy atom. The van der Waals surface area contributed by atoms with Crippen LogP contribution in [-0.2, 0) is 6.42 Å². The van der Waals surface area contributed by atoms with Gasteiger partial charge in [-0.25, -0.2) is 0 Å². The molecule has 0 aliphatic carbocycles. The number of rotatable bonds is 2. The van der Waals surface area contributed by atoms with Gasteiger partial charge >= 0.3 is 0 Å². The molecule has 0 aliphatic heterocycles. The Kier molecular flexibility index (Phi) is 3.08. The van der Waals surface area contributed by atoms with Gasteiger partial charge in [0.1, 0.15) is 0 Å². The third-order valence-electron chi connectivity index (χ3n) is 4.03. The molecule has 0 amide bonds. The topological polar surface area (TPSA) is 25.8 Å². The van der Waals surface area contributed by atoms with Gasteiger partial charge in [-0.3, -0.25) is 9.97 Å². The van der Waals surface area contributed by atoms with Crippen LogP contribution in [0.25, 0.3) is 21.8 Å². The first-order chi connectivity index (χ1) is 10.8. The Balaban J connectivity index is 1.75. The lowest BCUT2D eigenvalue weighted by molar-refractivity contribution is 1.19. The van der Waals surface area contributed by atoms with Crippen molar-refractivity contribution in [1.82, 2.24) is 9.97 Å². The van der Waals surface area contributed by atoms with Crippen LogP contribution in [0.5, 0.6) is 0 Å². The molecular formula is C20H16N2. The number of aryl methyl sites for hydroxylation is 1. The molecule has 2 heterocycles. The van der Waals surface area contributed by atoms with E-state index in [1.807, 2.05) is 24.5 Å². The predicted molar refractivity (Wildman–Crippen MR) is 91.0 cm³/mol. The Morgan fingerprint density at radius 3 is 2.50 bits per heavy atom. The standard InChI is InChI=1S/C20H16N2/c1-14-10-16(12-18-5-3-9-22-20(14)18)11-15-6-7-17-4-2-8-21-19(17)13-15/h2-10,12-13H,11H2,1H3. The quantitative estimate of drug-likeness (QED) is 0.534. The van der Waals surface area contributed by atoms with Gasteiger partial charge < -0.3 is 0 Å². The van der Waals surface area contributed by atoms with Crippen LogP contribution in [0.2, 0.25) is 0 Å². The number of hydrogen-bond donors (Lipinski definition) is 0. The van der Waals surface area contributed by atoms with Gasteiger partial charge in [0.15, 0.2) is 0 Å². The van der Waals surface area contributed by atoms with E-state index in [0.717, 1.165) is 17.5 Å². The van der Waals surface area contributed by atoms with Crippen molar-refractivity contribution in [2.75, 3.05) is 0 Å². The monoisotopic (exact) mass is 284 g/mol. The molecule has 22 heavy (non-hydrogen) atoms. The van der Waals surface area contributed by atoms with Gasteiger partial charge in [0.05, 0.1) is 11.0 Å². The Hall–Kier alpha value is -2.74. The lowest BCUT2D eigenvalue weighted by Crippen LogP contribution is -1.92. The average Bonchev–Trinajstić information content (AvgIpc) is 2.55. The molecule has 2 aromatic heterocycles. The highest BCUT2D eigenvalue weighted by molar-refractivity contribution is 5.82. The molecular weight excluding hydrogens is 268 g/mol. The minimum Gasteiger partial charge on any atom is -0.256 e. The summed E-state index contributed by atoms with van der Waals surface area (Å²) in [6.45, 7) is 2.13. The summed E-state index contributed by atoms with van der Waals surface area (Å²) in [4.78, 5) is 8.90. The minimum absolute atomic E-state index is 0.915. The normalized spacial score (nSPS) is 11.1. The smallest absolute Gasteiger partial charge is 0.0731 e. The molecule has 0 unspecified atom stereocenters. The zero-order chi connectivity index (χ0) is 14.9. The van der Waals surface area contributed by atoms with Crippen molar-refractivity contribution >= 4 is 21.8 Å². The summed E-state index contributed by atoms with van der Waals surface area (Å²) >= 11 is 0. The van der Waals surface area contributed by atoms with E-state index in [0.29, 0.717) is 0 Å². The zero-order valence-corrected chi connectivity index (χ0v) is 12.5. The molecule has 0 N–H and O–H groups in total. The van der Waals surface area contributed by atoms with E-state index in [4.69, 9.17) is 0 Å². The van der Waals surface area contributed by atoms with E-state index in [2.05, 4.69) is 59.4 Å². The molecule has 0 spiro atoms. The van der Waals surface area contributed by atoms with Crippen LogP contribution < -0.4 is 0 Å². The average molecular weight is 284 g/mol. The maximum atomic E-state index is 4.46. The summed E-state index contributed by atoms with van der Waals surface area (Å²) in [6, 6.07) is 19.2. The van der Waals surface area contributed by atoms with E-state index in [1.54, 1.807) is 0 Å². The largest absolute Gasteiger partial charge is 0.256 e. The third kappa shape index (κ3) is 2.33.